The molecule has 0 aromatic heterocycles. The van der Waals surface area contributed by atoms with Gasteiger partial charge in [0.25, 0.3) is 5.91 Å². The summed E-state index contributed by atoms with van der Waals surface area (Å²) in [7, 11) is 0. The number of hydrogen-bond acceptors (Lipinski definition) is 3. The molecule has 0 fully saturated rings. The van der Waals surface area contributed by atoms with Crippen molar-refractivity contribution in [2.24, 2.45) is 5.73 Å². The summed E-state index contributed by atoms with van der Waals surface area (Å²) in [5, 5.41) is 11.4. The van der Waals surface area contributed by atoms with Gasteiger partial charge in [0.2, 0.25) is 5.91 Å². The highest BCUT2D eigenvalue weighted by molar-refractivity contribution is 5.95. The summed E-state index contributed by atoms with van der Waals surface area (Å²) < 4.78 is 13.3. The molecule has 92 valence electrons. The Morgan fingerprint density at radius 1 is 1.53 bits per heavy atom. The first-order valence-electron chi connectivity index (χ1n) is 4.98. The van der Waals surface area contributed by atoms with E-state index in [1.807, 2.05) is 0 Å². The Morgan fingerprint density at radius 2 is 2.18 bits per heavy atom. The van der Waals surface area contributed by atoms with Crippen LogP contribution in [0.3, 0.4) is 0 Å². The molecule has 1 aromatic carbocycles. The molecule has 1 unspecified atom stereocenters. The van der Waals surface area contributed by atoms with Crippen LogP contribution in [0.4, 0.5) is 4.39 Å². The molecule has 0 aliphatic rings. The first-order valence-corrected chi connectivity index (χ1v) is 4.98. The maximum absolute atomic E-state index is 13.3. The second-order valence-electron chi connectivity index (χ2n) is 3.71. The number of aromatic hydroxyl groups is 1. The van der Waals surface area contributed by atoms with Crippen molar-refractivity contribution in [2.45, 2.75) is 19.4 Å². The average Bonchev–Trinajstić information content (AvgIpc) is 2.15. The fraction of sp³-hybridized carbons (Fsp3) is 0.273. The van der Waals surface area contributed by atoms with Crippen molar-refractivity contribution in [3.63, 3.8) is 0 Å². The molecule has 0 heterocycles. The van der Waals surface area contributed by atoms with Crippen LogP contribution >= 0.6 is 0 Å². The summed E-state index contributed by atoms with van der Waals surface area (Å²) in [4.78, 5) is 22.2. The molecule has 1 aromatic rings. The maximum atomic E-state index is 13.3. The highest BCUT2D eigenvalue weighted by Crippen LogP contribution is 2.15. The van der Waals surface area contributed by atoms with Crippen LogP contribution in [0.5, 0.6) is 5.75 Å². The van der Waals surface area contributed by atoms with Gasteiger partial charge in [-0.25, -0.2) is 4.39 Å². The van der Waals surface area contributed by atoms with E-state index in [4.69, 9.17) is 10.8 Å². The van der Waals surface area contributed by atoms with Crippen molar-refractivity contribution in [3.8, 4) is 5.75 Å². The van der Waals surface area contributed by atoms with Crippen LogP contribution in [0, 0.1) is 5.82 Å². The van der Waals surface area contributed by atoms with Crippen LogP contribution in [0.2, 0.25) is 0 Å². The zero-order chi connectivity index (χ0) is 13.0. The molecule has 0 aliphatic carbocycles. The Kier molecular flexibility index (Phi) is 4.03. The fourth-order valence-corrected chi connectivity index (χ4v) is 1.34. The molecule has 0 saturated carbocycles. The van der Waals surface area contributed by atoms with E-state index >= 15 is 0 Å². The lowest BCUT2D eigenvalue weighted by Gasteiger charge is -2.12. The number of amides is 2. The summed E-state index contributed by atoms with van der Waals surface area (Å²) in [6.45, 7) is 1.58. The normalized spacial score (nSPS) is 11.9. The van der Waals surface area contributed by atoms with Gasteiger partial charge in [-0.1, -0.05) is 0 Å². The first kappa shape index (κ1) is 13.0. The summed E-state index contributed by atoms with van der Waals surface area (Å²) in [6.07, 6.45) is -0.0224. The number of primary amides is 1. The van der Waals surface area contributed by atoms with Crippen molar-refractivity contribution in [2.75, 3.05) is 0 Å². The van der Waals surface area contributed by atoms with Gasteiger partial charge in [-0.2, -0.15) is 0 Å². The molecule has 5 nitrogen and oxygen atoms in total. The Balaban J connectivity index is 2.73. The molecular formula is C11H13FN2O3. The molecular weight excluding hydrogens is 227 g/mol. The maximum Gasteiger partial charge on any atom is 0.254 e. The Labute approximate surface area is 97.4 Å². The largest absolute Gasteiger partial charge is 0.508 e. The number of rotatable bonds is 4. The van der Waals surface area contributed by atoms with E-state index in [9.17, 15) is 14.0 Å². The molecule has 6 heteroatoms. The predicted molar refractivity (Wildman–Crippen MR) is 58.8 cm³/mol. The first-order chi connectivity index (χ1) is 7.90. The molecule has 4 N–H and O–H groups in total. The number of carbonyl (C=O) groups is 2. The Bertz CT molecular complexity index is 448. The number of phenols is 1. The van der Waals surface area contributed by atoms with Gasteiger partial charge in [0.05, 0.1) is 5.56 Å². The van der Waals surface area contributed by atoms with Crippen LogP contribution in [-0.4, -0.2) is 23.0 Å². The highest BCUT2D eigenvalue weighted by atomic mass is 19.1. The molecule has 1 rings (SSSR count). The number of benzene rings is 1. The standard InChI is InChI=1S/C11H13FN2O3/c1-6(4-10(13)16)14-11(17)8-3-2-7(15)5-9(8)12/h2-3,5-6,15H,4H2,1H3,(H2,13,16)(H,14,17). The molecule has 17 heavy (non-hydrogen) atoms. The zero-order valence-corrected chi connectivity index (χ0v) is 9.24. The van der Waals surface area contributed by atoms with Crippen LogP contribution in [0.1, 0.15) is 23.7 Å². The van der Waals surface area contributed by atoms with E-state index in [1.54, 1.807) is 6.92 Å². The predicted octanol–water partition coefficient (Wildman–Crippen LogP) is 0.525. The topological polar surface area (TPSA) is 92.4 Å². The fourth-order valence-electron chi connectivity index (χ4n) is 1.34. The van der Waals surface area contributed by atoms with Crippen LogP contribution in [0.15, 0.2) is 18.2 Å². The van der Waals surface area contributed by atoms with Gasteiger partial charge in [0, 0.05) is 18.5 Å². The Morgan fingerprint density at radius 3 is 2.71 bits per heavy atom. The lowest BCUT2D eigenvalue weighted by molar-refractivity contribution is -0.118. The van der Waals surface area contributed by atoms with Crippen molar-refractivity contribution < 1.29 is 19.1 Å². The van der Waals surface area contributed by atoms with Crippen molar-refractivity contribution in [3.05, 3.63) is 29.6 Å². The lowest BCUT2D eigenvalue weighted by Crippen LogP contribution is -2.36. The number of nitrogens with one attached hydrogen (secondary N) is 1. The minimum Gasteiger partial charge on any atom is -0.508 e. The number of carbonyl (C=O) groups excluding carboxylic acids is 2. The van der Waals surface area contributed by atoms with Crippen molar-refractivity contribution in [1.29, 1.82) is 0 Å². The summed E-state index contributed by atoms with van der Waals surface area (Å²) >= 11 is 0. The quantitative estimate of drug-likeness (QED) is 0.716. The second-order valence-corrected chi connectivity index (χ2v) is 3.71. The Hall–Kier alpha value is -2.11. The second kappa shape index (κ2) is 5.29. The molecule has 2 amide bonds. The molecule has 0 radical (unpaired) electrons. The third-order valence-corrected chi connectivity index (χ3v) is 2.08. The SMILES string of the molecule is CC(CC(N)=O)NC(=O)c1ccc(O)cc1F. The molecule has 1 atom stereocenters. The van der Waals surface area contributed by atoms with E-state index in [0.717, 1.165) is 12.1 Å². The van der Waals surface area contributed by atoms with Crippen LogP contribution < -0.4 is 11.1 Å². The van der Waals surface area contributed by atoms with Crippen molar-refractivity contribution in [1.82, 2.24) is 5.32 Å². The summed E-state index contributed by atoms with van der Waals surface area (Å²) in [5.41, 5.74) is 4.76. The van der Waals surface area contributed by atoms with Gasteiger partial charge >= 0.3 is 0 Å². The monoisotopic (exact) mass is 240 g/mol. The molecule has 0 bridgehead atoms. The minimum absolute atomic E-state index is 0.0224. The van der Waals surface area contributed by atoms with E-state index in [1.165, 1.54) is 6.07 Å². The average molecular weight is 240 g/mol. The zero-order valence-electron chi connectivity index (χ0n) is 9.24. The molecule has 0 aliphatic heterocycles. The highest BCUT2D eigenvalue weighted by Gasteiger charge is 2.15. The van der Waals surface area contributed by atoms with Crippen molar-refractivity contribution >= 4 is 11.8 Å². The van der Waals surface area contributed by atoms with Gasteiger partial charge < -0.3 is 16.2 Å². The van der Waals surface area contributed by atoms with E-state index < -0.39 is 23.7 Å². The third-order valence-electron chi connectivity index (χ3n) is 2.08. The smallest absolute Gasteiger partial charge is 0.254 e. The lowest BCUT2D eigenvalue weighted by atomic mass is 10.1. The van der Waals surface area contributed by atoms with Gasteiger partial charge in [-0.05, 0) is 19.1 Å². The number of halogens is 1. The minimum atomic E-state index is -0.825. The molecule has 0 saturated heterocycles. The van der Waals surface area contributed by atoms with Gasteiger partial charge in [0.1, 0.15) is 11.6 Å². The van der Waals surface area contributed by atoms with E-state index in [2.05, 4.69) is 5.32 Å². The van der Waals surface area contributed by atoms with Crippen LogP contribution in [-0.2, 0) is 4.79 Å². The number of nitrogens with two attached hydrogens (primary N) is 1. The molecule has 0 spiro atoms. The van der Waals surface area contributed by atoms with Gasteiger partial charge in [0.15, 0.2) is 0 Å². The number of phenolic OH excluding ortho intramolecular Hbond substituents is 1. The van der Waals surface area contributed by atoms with Crippen LogP contribution in [0.25, 0.3) is 0 Å². The van der Waals surface area contributed by atoms with E-state index in [0.29, 0.717) is 0 Å². The van der Waals surface area contributed by atoms with Gasteiger partial charge in [-0.15, -0.1) is 0 Å². The third kappa shape index (κ3) is 3.75. The van der Waals surface area contributed by atoms with E-state index in [-0.39, 0.29) is 17.7 Å². The summed E-state index contributed by atoms with van der Waals surface area (Å²) in [5.74, 6) is -2.29. The van der Waals surface area contributed by atoms with Gasteiger partial charge in [-0.3, -0.25) is 9.59 Å². The summed E-state index contributed by atoms with van der Waals surface area (Å²) in [6, 6.07) is 2.73. The number of hydrogen-bond donors (Lipinski definition) is 3.